The first kappa shape index (κ1) is 25.5. The fourth-order valence-electron chi connectivity index (χ4n) is 3.07. The summed E-state index contributed by atoms with van der Waals surface area (Å²) in [7, 11) is 0. The van der Waals surface area contributed by atoms with Crippen molar-refractivity contribution in [2.24, 2.45) is 0 Å². The third-order valence-electron chi connectivity index (χ3n) is 4.73. The van der Waals surface area contributed by atoms with Gasteiger partial charge in [-0.2, -0.15) is 5.26 Å². The number of anilines is 4. The number of hydrogen-bond donors (Lipinski definition) is 2. The molecule has 0 saturated heterocycles. The molecule has 7 nitrogen and oxygen atoms in total. The van der Waals surface area contributed by atoms with E-state index in [0.29, 0.717) is 11.4 Å². The van der Waals surface area contributed by atoms with E-state index in [-0.39, 0.29) is 18.0 Å². The van der Waals surface area contributed by atoms with Crippen LogP contribution in [0.5, 0.6) is 0 Å². The summed E-state index contributed by atoms with van der Waals surface area (Å²) in [6, 6.07) is 14.1. The smallest absolute Gasteiger partial charge is 0.277 e. The number of hydrogen-bond acceptors (Lipinski definition) is 6. The summed E-state index contributed by atoms with van der Waals surface area (Å²) in [5.74, 6) is -1.20. The van der Waals surface area contributed by atoms with Gasteiger partial charge in [0, 0.05) is 43.3 Å². The van der Waals surface area contributed by atoms with Gasteiger partial charge < -0.3 is 28.4 Å². The number of halogens is 1. The van der Waals surface area contributed by atoms with Crippen molar-refractivity contribution in [2.45, 2.75) is 27.7 Å². The fraction of sp³-hybridized carbons (Fsp3) is 0.261. The quantitative estimate of drug-likeness (QED) is 0.375. The molecule has 0 radical (unpaired) electrons. The fourth-order valence-corrected chi connectivity index (χ4v) is 3.07. The van der Waals surface area contributed by atoms with Crippen LogP contribution in [-0.2, 0) is 9.59 Å². The minimum atomic E-state index is -0.709. The lowest BCUT2D eigenvalue weighted by Gasteiger charge is -2.22. The third-order valence-corrected chi connectivity index (χ3v) is 4.73. The van der Waals surface area contributed by atoms with E-state index in [0.717, 1.165) is 34.9 Å². The van der Waals surface area contributed by atoms with E-state index in [9.17, 15) is 14.9 Å². The summed E-state index contributed by atoms with van der Waals surface area (Å²) in [5, 5.41) is 12.5. The van der Waals surface area contributed by atoms with Gasteiger partial charge in [0.05, 0.1) is 5.69 Å². The molecule has 0 heterocycles. The Morgan fingerprint density at radius 2 is 1.68 bits per heavy atom. The number of imide groups is 1. The lowest BCUT2D eigenvalue weighted by molar-refractivity contribution is -0.123. The summed E-state index contributed by atoms with van der Waals surface area (Å²) in [4.78, 5) is 28.1. The van der Waals surface area contributed by atoms with E-state index in [1.165, 1.54) is 13.1 Å². The molecular weight excluding hydrogens is 414 g/mol. The van der Waals surface area contributed by atoms with Gasteiger partial charge in [0.15, 0.2) is 0 Å². The Hall–Kier alpha value is -3.50. The molecule has 2 aromatic rings. The van der Waals surface area contributed by atoms with E-state index < -0.39 is 11.8 Å². The van der Waals surface area contributed by atoms with E-state index in [1.807, 2.05) is 31.2 Å². The van der Waals surface area contributed by atoms with Crippen LogP contribution in [0.2, 0.25) is 0 Å². The Labute approximate surface area is 189 Å². The first-order chi connectivity index (χ1) is 14.3. The molecule has 0 aliphatic carbocycles. The Kier molecular flexibility index (Phi) is 9.58. The second-order valence-electron chi connectivity index (χ2n) is 6.74. The molecule has 3 N–H and O–H groups in total. The molecule has 0 aliphatic rings. The van der Waals surface area contributed by atoms with E-state index in [4.69, 9.17) is 5.73 Å². The van der Waals surface area contributed by atoms with Gasteiger partial charge >= 0.3 is 0 Å². The van der Waals surface area contributed by atoms with Gasteiger partial charge in [0.2, 0.25) is 5.91 Å². The average molecular weight is 441 g/mol. The van der Waals surface area contributed by atoms with Crippen molar-refractivity contribution >= 4 is 34.6 Å². The largest absolute Gasteiger partial charge is 1.00 e. The zero-order valence-corrected chi connectivity index (χ0v) is 18.9. The van der Waals surface area contributed by atoms with Gasteiger partial charge in [-0.3, -0.25) is 9.59 Å². The maximum atomic E-state index is 12.9. The maximum Gasteiger partial charge on any atom is 0.277 e. The minimum Gasteiger partial charge on any atom is -1.00 e. The molecule has 0 spiro atoms. The molecular formula is C23H27ClN5O2-. The molecule has 2 aromatic carbocycles. The van der Waals surface area contributed by atoms with E-state index in [2.05, 4.69) is 24.1 Å². The molecule has 2 rings (SSSR count). The highest BCUT2D eigenvalue weighted by Gasteiger charge is 2.24. The van der Waals surface area contributed by atoms with Crippen molar-refractivity contribution in [2.75, 3.05) is 33.9 Å². The Balaban J connectivity index is 0.00000480. The van der Waals surface area contributed by atoms with Crippen LogP contribution in [0.25, 0.3) is 0 Å². The van der Waals surface area contributed by atoms with Crippen LogP contribution in [0.1, 0.15) is 26.3 Å². The lowest BCUT2D eigenvalue weighted by atomic mass is 10.1. The highest BCUT2D eigenvalue weighted by molar-refractivity contribution is 6.21. The number of carbonyl (C=O) groups is 2. The molecule has 8 heteroatoms. The number of nitrogens with zero attached hydrogens (tertiary/aromatic N) is 3. The van der Waals surface area contributed by atoms with Crippen LogP contribution < -0.4 is 33.3 Å². The summed E-state index contributed by atoms with van der Waals surface area (Å²) in [5.41, 5.74) is 9.20. The summed E-state index contributed by atoms with van der Waals surface area (Å²) in [6.07, 6.45) is 1.33. The number of amides is 2. The van der Waals surface area contributed by atoms with Gasteiger partial charge in [0.25, 0.3) is 5.91 Å². The van der Waals surface area contributed by atoms with Gasteiger partial charge in [0.1, 0.15) is 11.6 Å². The van der Waals surface area contributed by atoms with Gasteiger partial charge in [-0.25, -0.2) is 4.90 Å². The van der Waals surface area contributed by atoms with Crippen LogP contribution in [0.15, 0.2) is 54.2 Å². The molecule has 0 bridgehead atoms. The molecule has 0 atom stereocenters. The maximum absolute atomic E-state index is 12.9. The highest BCUT2D eigenvalue weighted by atomic mass is 35.5. The molecule has 0 saturated carbocycles. The number of nitrogens with one attached hydrogen (secondary N) is 1. The van der Waals surface area contributed by atoms with E-state index >= 15 is 0 Å². The van der Waals surface area contributed by atoms with Crippen molar-refractivity contribution in [3.05, 3.63) is 59.8 Å². The van der Waals surface area contributed by atoms with Crippen LogP contribution in [0, 0.1) is 18.3 Å². The zero-order chi connectivity index (χ0) is 22.3. The molecule has 0 fully saturated rings. The molecule has 0 unspecified atom stereocenters. The molecule has 0 aliphatic heterocycles. The Morgan fingerprint density at radius 1 is 1.10 bits per heavy atom. The summed E-state index contributed by atoms with van der Waals surface area (Å²) < 4.78 is 0. The monoisotopic (exact) mass is 440 g/mol. The normalized spacial score (nSPS) is 10.5. The zero-order valence-electron chi connectivity index (χ0n) is 18.1. The summed E-state index contributed by atoms with van der Waals surface area (Å²) in [6.45, 7) is 9.23. The van der Waals surface area contributed by atoms with Gasteiger partial charge in [-0.1, -0.05) is 0 Å². The Morgan fingerprint density at radius 3 is 2.16 bits per heavy atom. The first-order valence-electron chi connectivity index (χ1n) is 9.75. The second-order valence-corrected chi connectivity index (χ2v) is 6.74. The number of nitrogens with two attached hydrogens (primary N) is 1. The lowest BCUT2D eigenvalue weighted by Crippen LogP contribution is -3.00. The number of nitriles is 1. The SMILES string of the molecule is CCN(CC)c1ccc(N/C=C(/C#N)C(=O)N(C(C)=O)c2ccc(N)cc2)c(C)c1.[Cl-]. The number of benzene rings is 2. The van der Waals surface area contributed by atoms with Crippen LogP contribution in [-0.4, -0.2) is 24.9 Å². The molecule has 164 valence electrons. The standard InChI is InChI=1S/C23H27N5O2.ClH/c1-5-27(6-2)21-11-12-22(16(3)13-21)26-15-18(14-24)23(30)28(17(4)29)20-9-7-19(25)8-10-20;/h7-13,15,26H,5-6,25H2,1-4H3;1H/p-1/b18-15-;. The molecule has 31 heavy (non-hydrogen) atoms. The Bertz CT molecular complexity index is 992. The molecule has 0 aromatic heterocycles. The third kappa shape index (κ3) is 6.24. The van der Waals surface area contributed by atoms with Crippen LogP contribution >= 0.6 is 0 Å². The van der Waals surface area contributed by atoms with Crippen LogP contribution in [0.4, 0.5) is 22.7 Å². The van der Waals surface area contributed by atoms with Crippen molar-refractivity contribution in [1.82, 2.24) is 0 Å². The van der Waals surface area contributed by atoms with Gasteiger partial charge in [-0.05, 0) is 68.8 Å². The average Bonchev–Trinajstić information content (AvgIpc) is 2.72. The molecule has 2 amide bonds. The van der Waals surface area contributed by atoms with Gasteiger partial charge in [-0.15, -0.1) is 0 Å². The predicted molar refractivity (Wildman–Crippen MR) is 121 cm³/mol. The predicted octanol–water partition coefficient (Wildman–Crippen LogP) is 0.827. The topological polar surface area (TPSA) is 102 Å². The van der Waals surface area contributed by atoms with Crippen molar-refractivity contribution < 1.29 is 22.0 Å². The number of rotatable bonds is 7. The second kappa shape index (κ2) is 11.6. The summed E-state index contributed by atoms with van der Waals surface area (Å²) >= 11 is 0. The number of aryl methyl sites for hydroxylation is 1. The first-order valence-corrected chi connectivity index (χ1v) is 9.75. The van der Waals surface area contributed by atoms with Crippen molar-refractivity contribution in [3.63, 3.8) is 0 Å². The number of nitrogen functional groups attached to an aromatic ring is 1. The van der Waals surface area contributed by atoms with E-state index in [1.54, 1.807) is 24.3 Å². The van der Waals surface area contributed by atoms with Crippen LogP contribution in [0.3, 0.4) is 0 Å². The van der Waals surface area contributed by atoms with Crippen molar-refractivity contribution in [1.29, 1.82) is 5.26 Å². The highest BCUT2D eigenvalue weighted by Crippen LogP contribution is 2.23. The minimum absolute atomic E-state index is 0. The van der Waals surface area contributed by atoms with Crippen molar-refractivity contribution in [3.8, 4) is 6.07 Å². The number of carbonyl (C=O) groups excluding carboxylic acids is 2.